The summed E-state index contributed by atoms with van der Waals surface area (Å²) in [6.07, 6.45) is 2.50. The van der Waals surface area contributed by atoms with E-state index in [1.807, 2.05) is 0 Å². The lowest BCUT2D eigenvalue weighted by molar-refractivity contribution is 0.0576. The number of hydrogen-bond donors (Lipinski definition) is 1. The van der Waals surface area contributed by atoms with E-state index in [-0.39, 0.29) is 0 Å². The molecule has 1 heterocycles. The van der Waals surface area contributed by atoms with E-state index >= 15 is 0 Å². The van der Waals surface area contributed by atoms with Crippen molar-refractivity contribution in [1.82, 2.24) is 4.90 Å². The molecule has 1 aliphatic heterocycles. The van der Waals surface area contributed by atoms with Crippen LogP contribution in [0.15, 0.2) is 4.99 Å². The van der Waals surface area contributed by atoms with Crippen LogP contribution in [-0.4, -0.2) is 44.2 Å². The lowest BCUT2D eigenvalue weighted by Crippen LogP contribution is -2.44. The first kappa shape index (κ1) is 9.32. The molecule has 0 aromatic rings. The van der Waals surface area contributed by atoms with Gasteiger partial charge < -0.3 is 15.4 Å². The molecule has 0 saturated carbocycles. The maximum atomic E-state index is 5.67. The van der Waals surface area contributed by atoms with Gasteiger partial charge in [0.25, 0.3) is 0 Å². The van der Waals surface area contributed by atoms with Crippen LogP contribution in [0.4, 0.5) is 0 Å². The fourth-order valence-electron chi connectivity index (χ4n) is 1.46. The smallest absolute Gasteiger partial charge is 0.190 e. The Kier molecular flexibility index (Phi) is 3.34. The molecule has 1 rings (SSSR count). The van der Waals surface area contributed by atoms with Crippen LogP contribution in [0.25, 0.3) is 0 Å². The van der Waals surface area contributed by atoms with E-state index in [0.29, 0.717) is 12.1 Å². The second-order valence-electron chi connectivity index (χ2n) is 3.00. The van der Waals surface area contributed by atoms with Gasteiger partial charge in [-0.25, -0.2) is 0 Å². The molecule has 0 atom stereocenters. The van der Waals surface area contributed by atoms with Crippen LogP contribution in [0.5, 0.6) is 0 Å². The number of methoxy groups -OCH3 is 1. The molecule has 0 aliphatic carbocycles. The van der Waals surface area contributed by atoms with Gasteiger partial charge in [0.2, 0.25) is 0 Å². The van der Waals surface area contributed by atoms with Crippen LogP contribution in [0.3, 0.4) is 0 Å². The quantitative estimate of drug-likeness (QED) is 0.448. The van der Waals surface area contributed by atoms with Gasteiger partial charge in [-0.1, -0.05) is 0 Å². The number of aliphatic imine (C=N–C) groups is 1. The SMILES string of the molecule is CN=C(N)N1CCC(OC)CC1. The molecule has 4 nitrogen and oxygen atoms in total. The van der Waals surface area contributed by atoms with E-state index in [0.717, 1.165) is 25.9 Å². The Morgan fingerprint density at radius 2 is 2.08 bits per heavy atom. The molecular formula is C8H17N3O. The van der Waals surface area contributed by atoms with Gasteiger partial charge in [0.05, 0.1) is 6.10 Å². The van der Waals surface area contributed by atoms with Gasteiger partial charge in [0.1, 0.15) is 0 Å². The van der Waals surface area contributed by atoms with E-state index in [4.69, 9.17) is 10.5 Å². The fraction of sp³-hybridized carbons (Fsp3) is 0.875. The first-order chi connectivity index (χ1) is 5.77. The predicted octanol–water partition coefficient (Wildman–Crippen LogP) is 0.0417. The Labute approximate surface area is 73.4 Å². The standard InChI is InChI=1S/C8H17N3O/c1-10-8(9)11-5-3-7(12-2)4-6-11/h7H,3-6H2,1-2H3,(H2,9,10). The summed E-state index contributed by atoms with van der Waals surface area (Å²) in [5, 5.41) is 0. The molecule has 12 heavy (non-hydrogen) atoms. The summed E-state index contributed by atoms with van der Waals surface area (Å²) in [6, 6.07) is 0. The summed E-state index contributed by atoms with van der Waals surface area (Å²) in [5.41, 5.74) is 5.67. The number of rotatable bonds is 1. The molecule has 0 spiro atoms. The van der Waals surface area contributed by atoms with Crippen molar-refractivity contribution in [3.05, 3.63) is 0 Å². The van der Waals surface area contributed by atoms with Crippen LogP contribution >= 0.6 is 0 Å². The van der Waals surface area contributed by atoms with Crippen LogP contribution in [0, 0.1) is 0 Å². The summed E-state index contributed by atoms with van der Waals surface area (Å²) >= 11 is 0. The number of piperidine rings is 1. The average Bonchev–Trinajstić information content (AvgIpc) is 2.17. The van der Waals surface area contributed by atoms with Gasteiger partial charge in [-0.05, 0) is 12.8 Å². The van der Waals surface area contributed by atoms with Crippen LogP contribution in [0.2, 0.25) is 0 Å². The monoisotopic (exact) mass is 171 g/mol. The molecule has 4 heteroatoms. The minimum atomic E-state index is 0.408. The van der Waals surface area contributed by atoms with Crippen molar-refractivity contribution in [3.63, 3.8) is 0 Å². The van der Waals surface area contributed by atoms with Crippen LogP contribution in [0.1, 0.15) is 12.8 Å². The van der Waals surface area contributed by atoms with Crippen molar-refractivity contribution in [2.45, 2.75) is 18.9 Å². The van der Waals surface area contributed by atoms with Crippen molar-refractivity contribution in [2.24, 2.45) is 10.7 Å². The number of nitrogens with zero attached hydrogens (tertiary/aromatic N) is 2. The summed E-state index contributed by atoms with van der Waals surface area (Å²) in [6.45, 7) is 1.92. The molecule has 0 aromatic heterocycles. The second kappa shape index (κ2) is 4.30. The molecular weight excluding hydrogens is 154 g/mol. The van der Waals surface area contributed by atoms with E-state index in [1.165, 1.54) is 0 Å². The first-order valence-electron chi connectivity index (χ1n) is 4.28. The minimum absolute atomic E-state index is 0.408. The number of guanidine groups is 1. The lowest BCUT2D eigenvalue weighted by Gasteiger charge is -2.31. The summed E-state index contributed by atoms with van der Waals surface area (Å²) < 4.78 is 5.25. The van der Waals surface area contributed by atoms with Gasteiger partial charge in [-0.15, -0.1) is 0 Å². The van der Waals surface area contributed by atoms with E-state index in [9.17, 15) is 0 Å². The third kappa shape index (κ3) is 2.11. The van der Waals surface area contributed by atoms with E-state index in [1.54, 1.807) is 14.2 Å². The molecule has 1 saturated heterocycles. The molecule has 1 fully saturated rings. The fourth-order valence-corrected chi connectivity index (χ4v) is 1.46. The highest BCUT2D eigenvalue weighted by Crippen LogP contribution is 2.11. The number of ether oxygens (including phenoxy) is 1. The lowest BCUT2D eigenvalue weighted by atomic mass is 10.1. The predicted molar refractivity (Wildman–Crippen MR) is 49.2 cm³/mol. The van der Waals surface area contributed by atoms with E-state index < -0.39 is 0 Å². The van der Waals surface area contributed by atoms with E-state index in [2.05, 4.69) is 9.89 Å². The number of hydrogen-bond acceptors (Lipinski definition) is 2. The molecule has 0 bridgehead atoms. The van der Waals surface area contributed by atoms with Gasteiger partial charge in [0.15, 0.2) is 5.96 Å². The largest absolute Gasteiger partial charge is 0.381 e. The highest BCUT2D eigenvalue weighted by Gasteiger charge is 2.19. The summed E-state index contributed by atoms with van der Waals surface area (Å²) in [5.74, 6) is 0.643. The molecule has 2 N–H and O–H groups in total. The molecule has 70 valence electrons. The molecule has 1 aliphatic rings. The average molecular weight is 171 g/mol. The van der Waals surface area contributed by atoms with Crippen LogP contribution in [-0.2, 0) is 4.74 Å². The van der Waals surface area contributed by atoms with Crippen LogP contribution < -0.4 is 5.73 Å². The Morgan fingerprint density at radius 1 is 1.50 bits per heavy atom. The van der Waals surface area contributed by atoms with Crippen molar-refractivity contribution in [2.75, 3.05) is 27.2 Å². The zero-order chi connectivity index (χ0) is 8.97. The Bertz CT molecular complexity index is 162. The highest BCUT2D eigenvalue weighted by atomic mass is 16.5. The Hall–Kier alpha value is -0.770. The molecule has 0 amide bonds. The number of nitrogens with two attached hydrogens (primary N) is 1. The Balaban J connectivity index is 2.36. The zero-order valence-electron chi connectivity index (χ0n) is 7.79. The Morgan fingerprint density at radius 3 is 2.50 bits per heavy atom. The summed E-state index contributed by atoms with van der Waals surface area (Å²) in [4.78, 5) is 6.04. The van der Waals surface area contributed by atoms with Gasteiger partial charge in [0, 0.05) is 27.2 Å². The normalized spacial score (nSPS) is 21.5. The van der Waals surface area contributed by atoms with Gasteiger partial charge in [-0.3, -0.25) is 4.99 Å². The molecule has 0 unspecified atom stereocenters. The first-order valence-corrected chi connectivity index (χ1v) is 4.28. The molecule has 0 radical (unpaired) electrons. The third-order valence-electron chi connectivity index (χ3n) is 2.33. The highest BCUT2D eigenvalue weighted by molar-refractivity contribution is 5.77. The van der Waals surface area contributed by atoms with Crippen molar-refractivity contribution in [3.8, 4) is 0 Å². The minimum Gasteiger partial charge on any atom is -0.381 e. The maximum absolute atomic E-state index is 5.67. The van der Waals surface area contributed by atoms with Crippen molar-refractivity contribution < 1.29 is 4.74 Å². The maximum Gasteiger partial charge on any atom is 0.190 e. The van der Waals surface area contributed by atoms with Crippen molar-refractivity contribution in [1.29, 1.82) is 0 Å². The summed E-state index contributed by atoms with van der Waals surface area (Å²) in [7, 11) is 3.48. The molecule has 0 aromatic carbocycles. The topological polar surface area (TPSA) is 50.8 Å². The van der Waals surface area contributed by atoms with Gasteiger partial charge in [-0.2, -0.15) is 0 Å². The zero-order valence-corrected chi connectivity index (χ0v) is 7.79. The third-order valence-corrected chi connectivity index (χ3v) is 2.33. The number of likely N-dealkylation sites (tertiary alicyclic amines) is 1. The second-order valence-corrected chi connectivity index (χ2v) is 3.00. The van der Waals surface area contributed by atoms with Gasteiger partial charge >= 0.3 is 0 Å². The van der Waals surface area contributed by atoms with Crippen molar-refractivity contribution >= 4 is 5.96 Å².